The normalized spacial score (nSPS) is 22.4. The summed E-state index contributed by atoms with van der Waals surface area (Å²) in [4.78, 5) is 13.7. The van der Waals surface area contributed by atoms with Crippen LogP contribution in [0.15, 0.2) is 23.2 Å². The lowest BCUT2D eigenvalue weighted by Crippen LogP contribution is -2.45. The largest absolute Gasteiger partial charge is 0.363 e. The number of hydrogen-bond acceptors (Lipinski definition) is 4. The number of hydrogen-bond donors (Lipinski definition) is 2. The molecule has 2 heterocycles. The molecule has 1 aliphatic heterocycles. The molecule has 6 nitrogen and oxygen atoms in total. The van der Waals surface area contributed by atoms with Crippen molar-refractivity contribution in [3.8, 4) is 0 Å². The number of rotatable bonds is 5. The molecule has 2 fully saturated rings. The van der Waals surface area contributed by atoms with Gasteiger partial charge in [0.15, 0.2) is 5.96 Å². The topological polar surface area (TPSA) is 55.8 Å². The minimum absolute atomic E-state index is 0.493. The van der Waals surface area contributed by atoms with E-state index in [2.05, 4.69) is 25.5 Å². The lowest BCUT2D eigenvalue weighted by molar-refractivity contribution is 0.242. The van der Waals surface area contributed by atoms with Crippen LogP contribution in [0.25, 0.3) is 0 Å². The highest BCUT2D eigenvalue weighted by molar-refractivity contribution is 5.80. The average molecular weight is 345 g/mol. The van der Waals surface area contributed by atoms with Crippen molar-refractivity contribution in [2.24, 2.45) is 4.99 Å². The van der Waals surface area contributed by atoms with Crippen molar-refractivity contribution < 1.29 is 0 Å². The van der Waals surface area contributed by atoms with E-state index < -0.39 is 0 Å². The Labute approximate surface area is 151 Å². The molecule has 1 saturated carbocycles. The van der Waals surface area contributed by atoms with Gasteiger partial charge < -0.3 is 15.5 Å². The predicted octanol–water partition coefficient (Wildman–Crippen LogP) is 1.83. The van der Waals surface area contributed by atoms with Gasteiger partial charge in [-0.15, -0.1) is 0 Å². The molecule has 2 aliphatic rings. The summed E-state index contributed by atoms with van der Waals surface area (Å²) in [6.07, 6.45) is 6.77. The predicted molar refractivity (Wildman–Crippen MR) is 104 cm³/mol. The summed E-state index contributed by atoms with van der Waals surface area (Å²) in [5.41, 5.74) is 1.02. The molecular weight excluding hydrogens is 312 g/mol. The molecule has 138 valence electrons. The van der Waals surface area contributed by atoms with Crippen LogP contribution in [-0.4, -0.2) is 62.2 Å². The maximum Gasteiger partial charge on any atom is 0.191 e. The van der Waals surface area contributed by atoms with Gasteiger partial charge in [0.25, 0.3) is 0 Å². The molecule has 1 aliphatic carbocycles. The van der Waals surface area contributed by atoms with Gasteiger partial charge in [0.05, 0.1) is 12.2 Å². The highest BCUT2D eigenvalue weighted by atomic mass is 15.3. The van der Waals surface area contributed by atoms with E-state index in [1.165, 1.54) is 38.6 Å². The molecule has 0 radical (unpaired) electrons. The van der Waals surface area contributed by atoms with Crippen LogP contribution in [-0.2, 0) is 6.54 Å². The highest BCUT2D eigenvalue weighted by Crippen LogP contribution is 2.26. The zero-order valence-electron chi connectivity index (χ0n) is 15.8. The first-order valence-corrected chi connectivity index (χ1v) is 9.50. The summed E-state index contributed by atoms with van der Waals surface area (Å²) in [6.45, 7) is 3.03. The van der Waals surface area contributed by atoms with E-state index in [1.54, 1.807) is 0 Å². The molecule has 1 saturated heterocycles. The molecule has 0 aromatic carbocycles. The highest BCUT2D eigenvalue weighted by Gasteiger charge is 2.30. The Hall–Kier alpha value is -1.82. The Balaban J connectivity index is 1.48. The average Bonchev–Trinajstić information content (AvgIpc) is 3.30. The van der Waals surface area contributed by atoms with E-state index in [1.807, 2.05) is 44.2 Å². The van der Waals surface area contributed by atoms with Crippen molar-refractivity contribution in [3.05, 3.63) is 23.9 Å². The Kier molecular flexibility index (Phi) is 6.13. The van der Waals surface area contributed by atoms with Crippen LogP contribution >= 0.6 is 0 Å². The molecule has 1 unspecified atom stereocenters. The monoisotopic (exact) mass is 344 g/mol. The molecule has 6 heteroatoms. The number of aliphatic imine (C=N–C) groups is 1. The summed E-state index contributed by atoms with van der Waals surface area (Å²) in [5, 5.41) is 6.99. The number of nitrogens with zero attached hydrogens (tertiary/aromatic N) is 4. The Morgan fingerprint density at radius 2 is 2.08 bits per heavy atom. The van der Waals surface area contributed by atoms with E-state index in [9.17, 15) is 0 Å². The van der Waals surface area contributed by atoms with Crippen LogP contribution in [0.5, 0.6) is 0 Å². The Bertz CT molecular complexity index is 579. The fourth-order valence-corrected chi connectivity index (χ4v) is 3.88. The lowest BCUT2D eigenvalue weighted by Gasteiger charge is -2.24. The van der Waals surface area contributed by atoms with Crippen LogP contribution < -0.4 is 15.5 Å². The standard InChI is InChI=1S/C19H32N6/c1-20-19(21-13-15-7-6-10-18(22-15)24(2)3)23-16-11-12-25(14-16)17-8-4-5-9-17/h6-7,10,16-17H,4-5,8-9,11-14H2,1-3H3,(H2,20,21,23). The lowest BCUT2D eigenvalue weighted by atomic mass is 10.2. The number of aromatic nitrogens is 1. The number of pyridine rings is 1. The van der Waals surface area contributed by atoms with Crippen molar-refractivity contribution in [1.29, 1.82) is 0 Å². The van der Waals surface area contributed by atoms with Crippen molar-refractivity contribution in [3.63, 3.8) is 0 Å². The third-order valence-electron chi connectivity index (χ3n) is 5.31. The van der Waals surface area contributed by atoms with Crippen LogP contribution in [0.1, 0.15) is 37.8 Å². The van der Waals surface area contributed by atoms with Crippen LogP contribution in [0.3, 0.4) is 0 Å². The molecular formula is C19H32N6. The minimum atomic E-state index is 0.493. The first-order chi connectivity index (χ1) is 12.2. The smallest absolute Gasteiger partial charge is 0.191 e. The Morgan fingerprint density at radius 1 is 1.28 bits per heavy atom. The maximum atomic E-state index is 4.65. The van der Waals surface area contributed by atoms with E-state index >= 15 is 0 Å². The summed E-state index contributed by atoms with van der Waals surface area (Å²) < 4.78 is 0. The molecule has 2 N–H and O–H groups in total. The molecule has 1 atom stereocenters. The number of guanidine groups is 1. The zero-order valence-corrected chi connectivity index (χ0v) is 15.8. The van der Waals surface area contributed by atoms with E-state index in [0.29, 0.717) is 12.6 Å². The van der Waals surface area contributed by atoms with E-state index in [-0.39, 0.29) is 0 Å². The molecule has 0 spiro atoms. The first-order valence-electron chi connectivity index (χ1n) is 9.50. The van der Waals surface area contributed by atoms with Crippen LogP contribution in [0.2, 0.25) is 0 Å². The van der Waals surface area contributed by atoms with Gasteiger partial charge in [-0.2, -0.15) is 0 Å². The summed E-state index contributed by atoms with van der Waals surface area (Å²) >= 11 is 0. The van der Waals surface area contributed by atoms with Gasteiger partial charge in [0.1, 0.15) is 5.82 Å². The second-order valence-corrected chi connectivity index (χ2v) is 7.37. The molecule has 1 aromatic rings. The van der Waals surface area contributed by atoms with Gasteiger partial charge >= 0.3 is 0 Å². The zero-order chi connectivity index (χ0) is 17.6. The number of nitrogens with one attached hydrogen (secondary N) is 2. The van der Waals surface area contributed by atoms with Gasteiger partial charge in [0.2, 0.25) is 0 Å². The quantitative estimate of drug-likeness (QED) is 0.630. The van der Waals surface area contributed by atoms with Crippen LogP contribution in [0, 0.1) is 0 Å². The van der Waals surface area contributed by atoms with Gasteiger partial charge in [-0.25, -0.2) is 4.98 Å². The third kappa shape index (κ3) is 4.84. The fourth-order valence-electron chi connectivity index (χ4n) is 3.88. The first kappa shape index (κ1) is 18.0. The van der Waals surface area contributed by atoms with Gasteiger partial charge in [-0.3, -0.25) is 9.89 Å². The molecule has 0 amide bonds. The van der Waals surface area contributed by atoms with Crippen molar-refractivity contribution in [2.75, 3.05) is 39.1 Å². The number of anilines is 1. The SMILES string of the molecule is CN=C(NCc1cccc(N(C)C)n1)NC1CCN(C2CCCC2)C1. The van der Waals surface area contributed by atoms with E-state index in [4.69, 9.17) is 0 Å². The number of likely N-dealkylation sites (tertiary alicyclic amines) is 1. The summed E-state index contributed by atoms with van der Waals surface area (Å²) in [7, 11) is 5.86. The minimum Gasteiger partial charge on any atom is -0.363 e. The van der Waals surface area contributed by atoms with E-state index in [0.717, 1.165) is 30.1 Å². The third-order valence-corrected chi connectivity index (χ3v) is 5.31. The molecule has 3 rings (SSSR count). The second kappa shape index (κ2) is 8.52. The summed E-state index contributed by atoms with van der Waals surface area (Å²) in [5.74, 6) is 1.85. The molecule has 0 bridgehead atoms. The van der Waals surface area contributed by atoms with Crippen molar-refractivity contribution in [2.45, 2.75) is 50.7 Å². The second-order valence-electron chi connectivity index (χ2n) is 7.37. The maximum absolute atomic E-state index is 4.65. The Morgan fingerprint density at radius 3 is 2.80 bits per heavy atom. The van der Waals surface area contributed by atoms with Crippen LogP contribution in [0.4, 0.5) is 5.82 Å². The van der Waals surface area contributed by atoms with Gasteiger partial charge in [-0.05, 0) is 31.4 Å². The fraction of sp³-hybridized carbons (Fsp3) is 0.684. The van der Waals surface area contributed by atoms with Gasteiger partial charge in [0, 0.05) is 46.3 Å². The molecule has 1 aromatic heterocycles. The van der Waals surface area contributed by atoms with Gasteiger partial charge in [-0.1, -0.05) is 18.9 Å². The summed E-state index contributed by atoms with van der Waals surface area (Å²) in [6, 6.07) is 7.43. The van der Waals surface area contributed by atoms with Crippen molar-refractivity contribution in [1.82, 2.24) is 20.5 Å². The van der Waals surface area contributed by atoms with Crippen molar-refractivity contribution >= 4 is 11.8 Å². The molecule has 25 heavy (non-hydrogen) atoms.